The van der Waals surface area contributed by atoms with Gasteiger partial charge >= 0.3 is 0 Å². The maximum atomic E-state index is 11.5. The van der Waals surface area contributed by atoms with E-state index in [4.69, 9.17) is 0 Å². The van der Waals surface area contributed by atoms with Gasteiger partial charge in [-0.2, -0.15) is 0 Å². The van der Waals surface area contributed by atoms with Gasteiger partial charge < -0.3 is 0 Å². The van der Waals surface area contributed by atoms with Gasteiger partial charge in [0.15, 0.2) is 5.78 Å². The Morgan fingerprint density at radius 3 is 2.79 bits per heavy atom. The van der Waals surface area contributed by atoms with Crippen LogP contribution in [0.2, 0.25) is 0 Å². The maximum absolute atomic E-state index is 11.5. The van der Waals surface area contributed by atoms with Crippen molar-refractivity contribution in [2.24, 2.45) is 0 Å². The van der Waals surface area contributed by atoms with Gasteiger partial charge in [0.1, 0.15) is 0 Å². The number of hydrogen-bond donors (Lipinski definition) is 0. The molecule has 1 aromatic heterocycles. The highest BCUT2D eigenvalue weighted by atomic mass is 16.1. The number of Topliss-reactive ketones (excluding diaryl/α,β-unsaturated/α-hetero) is 1. The first-order valence-corrected chi connectivity index (χ1v) is 5.01. The second-order valence-corrected chi connectivity index (χ2v) is 3.55. The van der Waals surface area contributed by atoms with Crippen molar-refractivity contribution in [2.75, 3.05) is 0 Å². The van der Waals surface area contributed by atoms with Crippen molar-refractivity contribution in [1.82, 2.24) is 4.98 Å². The Morgan fingerprint density at radius 2 is 2.07 bits per heavy atom. The van der Waals surface area contributed by atoms with Gasteiger partial charge in [-0.1, -0.05) is 6.07 Å². The Kier molecular flexibility index (Phi) is 2.73. The Hall–Kier alpha value is -1.44. The number of carbonyl (C=O) groups is 1. The molecule has 0 unspecified atom stereocenters. The quantitative estimate of drug-likeness (QED) is 0.632. The average molecular weight is 187 g/mol. The van der Waals surface area contributed by atoms with E-state index in [-0.39, 0.29) is 0 Å². The van der Waals surface area contributed by atoms with Crippen LogP contribution in [0.5, 0.6) is 0 Å². The van der Waals surface area contributed by atoms with Gasteiger partial charge in [0.05, 0.1) is 5.69 Å². The molecule has 0 aliphatic heterocycles. The standard InChI is InChI=1S/C12H13NO/c14-12-7-2-1-5-10(12)9-11-6-3-4-8-13-11/h3-4,6,8-9H,1-2,5,7H2. The summed E-state index contributed by atoms with van der Waals surface area (Å²) in [5, 5.41) is 0. The highest BCUT2D eigenvalue weighted by Gasteiger charge is 2.14. The summed E-state index contributed by atoms with van der Waals surface area (Å²) in [6.45, 7) is 0. The molecule has 1 fully saturated rings. The van der Waals surface area contributed by atoms with Gasteiger partial charge in [0.25, 0.3) is 0 Å². The summed E-state index contributed by atoms with van der Waals surface area (Å²) in [4.78, 5) is 15.7. The lowest BCUT2D eigenvalue weighted by Gasteiger charge is -2.11. The second kappa shape index (κ2) is 4.18. The van der Waals surface area contributed by atoms with E-state index >= 15 is 0 Å². The smallest absolute Gasteiger partial charge is 0.158 e. The highest BCUT2D eigenvalue weighted by Crippen LogP contribution is 2.21. The van der Waals surface area contributed by atoms with Crippen LogP contribution in [0.25, 0.3) is 6.08 Å². The van der Waals surface area contributed by atoms with Crippen molar-refractivity contribution in [3.8, 4) is 0 Å². The van der Waals surface area contributed by atoms with E-state index in [9.17, 15) is 4.79 Å². The summed E-state index contributed by atoms with van der Waals surface area (Å²) in [5.74, 6) is 0.293. The first-order valence-electron chi connectivity index (χ1n) is 5.01. The van der Waals surface area contributed by atoms with Crippen LogP contribution in [0.4, 0.5) is 0 Å². The predicted octanol–water partition coefficient (Wildman–Crippen LogP) is 2.61. The number of ketones is 1. The summed E-state index contributed by atoms with van der Waals surface area (Å²) < 4.78 is 0. The SMILES string of the molecule is O=C1CCCCC1=Cc1ccccn1. The van der Waals surface area contributed by atoms with Gasteiger partial charge in [0, 0.05) is 12.6 Å². The van der Waals surface area contributed by atoms with Crippen LogP contribution in [-0.2, 0) is 4.79 Å². The Morgan fingerprint density at radius 1 is 1.21 bits per heavy atom. The van der Waals surface area contributed by atoms with Crippen LogP contribution in [0.15, 0.2) is 30.0 Å². The van der Waals surface area contributed by atoms with E-state index < -0.39 is 0 Å². The Balaban J connectivity index is 2.21. The number of allylic oxidation sites excluding steroid dienone is 1. The lowest BCUT2D eigenvalue weighted by molar-refractivity contribution is -0.116. The van der Waals surface area contributed by atoms with Gasteiger partial charge in [-0.25, -0.2) is 0 Å². The molecule has 14 heavy (non-hydrogen) atoms. The molecule has 1 saturated carbocycles. The van der Waals surface area contributed by atoms with E-state index in [1.807, 2.05) is 24.3 Å². The first-order chi connectivity index (χ1) is 6.86. The van der Waals surface area contributed by atoms with Gasteiger partial charge in [-0.05, 0) is 43.0 Å². The highest BCUT2D eigenvalue weighted by molar-refractivity contribution is 5.99. The van der Waals surface area contributed by atoms with E-state index in [0.29, 0.717) is 12.2 Å². The number of carbonyl (C=O) groups excluding carboxylic acids is 1. The zero-order valence-corrected chi connectivity index (χ0v) is 8.07. The molecule has 0 amide bonds. The topological polar surface area (TPSA) is 30.0 Å². The van der Waals surface area contributed by atoms with Crippen LogP contribution in [0.1, 0.15) is 31.4 Å². The third kappa shape index (κ3) is 2.08. The minimum Gasteiger partial charge on any atom is -0.295 e. The average Bonchev–Trinajstić information content (AvgIpc) is 2.23. The monoisotopic (exact) mass is 187 g/mol. The fourth-order valence-corrected chi connectivity index (χ4v) is 1.69. The fourth-order valence-electron chi connectivity index (χ4n) is 1.69. The summed E-state index contributed by atoms with van der Waals surface area (Å²) in [5.41, 5.74) is 1.83. The van der Waals surface area contributed by atoms with E-state index in [1.54, 1.807) is 6.20 Å². The van der Waals surface area contributed by atoms with Crippen LogP contribution >= 0.6 is 0 Å². The lowest BCUT2D eigenvalue weighted by atomic mass is 9.93. The van der Waals surface area contributed by atoms with Crippen molar-refractivity contribution in [1.29, 1.82) is 0 Å². The van der Waals surface area contributed by atoms with Crippen LogP contribution < -0.4 is 0 Å². The second-order valence-electron chi connectivity index (χ2n) is 3.55. The molecule has 0 radical (unpaired) electrons. The molecule has 2 rings (SSSR count). The molecule has 2 heteroatoms. The summed E-state index contributed by atoms with van der Waals surface area (Å²) in [7, 11) is 0. The number of rotatable bonds is 1. The number of pyridine rings is 1. The predicted molar refractivity (Wildman–Crippen MR) is 55.7 cm³/mol. The van der Waals surface area contributed by atoms with Gasteiger partial charge in [-0.3, -0.25) is 9.78 Å². The minimum atomic E-state index is 0.293. The van der Waals surface area contributed by atoms with Crippen molar-refractivity contribution >= 4 is 11.9 Å². The zero-order chi connectivity index (χ0) is 9.80. The normalized spacial score (nSPS) is 20.0. The van der Waals surface area contributed by atoms with Gasteiger partial charge in [-0.15, -0.1) is 0 Å². The fraction of sp³-hybridized carbons (Fsp3) is 0.333. The molecule has 1 heterocycles. The number of nitrogens with zero attached hydrogens (tertiary/aromatic N) is 1. The molecular formula is C12H13NO. The molecule has 0 saturated heterocycles. The number of hydrogen-bond acceptors (Lipinski definition) is 2. The third-order valence-electron chi connectivity index (χ3n) is 2.47. The third-order valence-corrected chi connectivity index (χ3v) is 2.47. The minimum absolute atomic E-state index is 0.293. The molecule has 0 aromatic carbocycles. The molecule has 0 atom stereocenters. The molecule has 1 aliphatic carbocycles. The zero-order valence-electron chi connectivity index (χ0n) is 8.07. The first kappa shape index (κ1) is 9.13. The van der Waals surface area contributed by atoms with Crippen LogP contribution in [-0.4, -0.2) is 10.8 Å². The van der Waals surface area contributed by atoms with Crippen molar-refractivity contribution in [3.05, 3.63) is 35.7 Å². The summed E-state index contributed by atoms with van der Waals surface area (Å²) in [6, 6.07) is 5.74. The van der Waals surface area contributed by atoms with Crippen LogP contribution in [0.3, 0.4) is 0 Å². The van der Waals surface area contributed by atoms with Crippen molar-refractivity contribution in [3.63, 3.8) is 0 Å². The molecular weight excluding hydrogens is 174 g/mol. The molecule has 0 N–H and O–H groups in total. The Bertz CT molecular complexity index is 354. The molecule has 1 aliphatic rings. The Labute approximate surface area is 83.7 Å². The maximum Gasteiger partial charge on any atom is 0.158 e. The lowest BCUT2D eigenvalue weighted by Crippen LogP contribution is -2.08. The number of aromatic nitrogens is 1. The van der Waals surface area contributed by atoms with Crippen molar-refractivity contribution < 1.29 is 4.79 Å². The summed E-state index contributed by atoms with van der Waals surface area (Å²) in [6.07, 6.45) is 7.46. The molecule has 72 valence electrons. The van der Waals surface area contributed by atoms with E-state index in [1.165, 1.54) is 0 Å². The van der Waals surface area contributed by atoms with Crippen molar-refractivity contribution in [2.45, 2.75) is 25.7 Å². The largest absolute Gasteiger partial charge is 0.295 e. The summed E-state index contributed by atoms with van der Waals surface area (Å²) >= 11 is 0. The molecule has 0 spiro atoms. The van der Waals surface area contributed by atoms with Gasteiger partial charge in [0.2, 0.25) is 0 Å². The van der Waals surface area contributed by atoms with E-state index in [0.717, 1.165) is 30.5 Å². The molecule has 1 aromatic rings. The molecule has 2 nitrogen and oxygen atoms in total. The van der Waals surface area contributed by atoms with Crippen LogP contribution in [0, 0.1) is 0 Å². The van der Waals surface area contributed by atoms with E-state index in [2.05, 4.69) is 4.98 Å². The molecule has 0 bridgehead atoms.